The van der Waals surface area contributed by atoms with E-state index in [1.165, 1.54) is 55.6 Å². The van der Waals surface area contributed by atoms with Gasteiger partial charge in [-0.15, -0.1) is 0 Å². The van der Waals surface area contributed by atoms with E-state index in [-0.39, 0.29) is 5.91 Å². The number of thioether (sulfide) groups is 1. The quantitative estimate of drug-likeness (QED) is 0.734. The molecule has 5 rings (SSSR count). The summed E-state index contributed by atoms with van der Waals surface area (Å²) in [5.41, 5.74) is 4.71. The number of carbonyl (C=O) groups is 1. The predicted molar refractivity (Wildman–Crippen MR) is 127 cm³/mol. The van der Waals surface area contributed by atoms with Crippen LogP contribution in [0, 0.1) is 5.92 Å². The fourth-order valence-electron chi connectivity index (χ4n) is 5.64. The van der Waals surface area contributed by atoms with Crippen LogP contribution < -0.4 is 0 Å². The van der Waals surface area contributed by atoms with E-state index in [0.717, 1.165) is 49.0 Å². The summed E-state index contributed by atoms with van der Waals surface area (Å²) in [6.45, 7) is 4.08. The zero-order chi connectivity index (χ0) is 21.2. The van der Waals surface area contributed by atoms with Crippen LogP contribution in [0.3, 0.4) is 0 Å². The van der Waals surface area contributed by atoms with E-state index in [9.17, 15) is 4.79 Å². The van der Waals surface area contributed by atoms with Gasteiger partial charge < -0.3 is 9.80 Å². The topological polar surface area (TPSA) is 41.4 Å². The monoisotopic (exact) mass is 438 g/mol. The van der Waals surface area contributed by atoms with Crippen molar-refractivity contribution in [2.24, 2.45) is 13.0 Å². The van der Waals surface area contributed by atoms with Crippen LogP contribution in [0.25, 0.3) is 0 Å². The molecule has 2 aliphatic heterocycles. The van der Waals surface area contributed by atoms with Gasteiger partial charge in [-0.1, -0.05) is 30.3 Å². The van der Waals surface area contributed by atoms with E-state index in [1.807, 2.05) is 28.4 Å². The van der Waals surface area contributed by atoms with Gasteiger partial charge in [0, 0.05) is 48.9 Å². The standard InChI is InChI=1S/C25H34N4OS/c1-27-23-8-7-21(18-22(23)24(26-27)25(30)29-13-15-31-16-14-29)28-11-9-20(10-12-28)17-19-5-3-2-4-6-19/h2-6,20-21H,7-18H2,1H3. The lowest BCUT2D eigenvalue weighted by Gasteiger charge is -2.39. The Kier molecular flexibility index (Phi) is 6.37. The third-order valence-electron chi connectivity index (χ3n) is 7.46. The number of rotatable bonds is 4. The van der Waals surface area contributed by atoms with Crippen molar-refractivity contribution in [3.05, 3.63) is 52.8 Å². The first kappa shape index (κ1) is 21.1. The minimum absolute atomic E-state index is 0.152. The van der Waals surface area contributed by atoms with Gasteiger partial charge in [-0.2, -0.15) is 16.9 Å². The maximum absolute atomic E-state index is 13.2. The molecule has 2 fully saturated rings. The Balaban J connectivity index is 1.23. The van der Waals surface area contributed by atoms with Gasteiger partial charge in [0.15, 0.2) is 5.69 Å². The number of aromatic nitrogens is 2. The van der Waals surface area contributed by atoms with E-state index in [0.29, 0.717) is 6.04 Å². The summed E-state index contributed by atoms with van der Waals surface area (Å²) in [7, 11) is 2.01. The Hall–Kier alpha value is -1.79. The molecule has 166 valence electrons. The molecule has 6 heteroatoms. The SMILES string of the molecule is Cn1nc(C(=O)N2CCSCC2)c2c1CCC(N1CCC(Cc3ccccc3)CC1)C2. The molecule has 1 amide bonds. The summed E-state index contributed by atoms with van der Waals surface area (Å²) < 4.78 is 1.98. The van der Waals surface area contributed by atoms with E-state index in [4.69, 9.17) is 5.10 Å². The largest absolute Gasteiger partial charge is 0.336 e. The van der Waals surface area contributed by atoms with Gasteiger partial charge in [-0.05, 0) is 63.1 Å². The highest BCUT2D eigenvalue weighted by Gasteiger charge is 2.34. The van der Waals surface area contributed by atoms with E-state index in [1.54, 1.807) is 0 Å². The lowest BCUT2D eigenvalue weighted by atomic mass is 9.86. The Morgan fingerprint density at radius 1 is 1.06 bits per heavy atom. The first-order valence-electron chi connectivity index (χ1n) is 11.9. The number of fused-ring (bicyclic) bond motifs is 1. The predicted octanol–water partition coefficient (Wildman–Crippen LogP) is 3.42. The van der Waals surface area contributed by atoms with Gasteiger partial charge in [-0.25, -0.2) is 0 Å². The summed E-state index contributed by atoms with van der Waals surface area (Å²) >= 11 is 1.94. The summed E-state index contributed by atoms with van der Waals surface area (Å²) in [5.74, 6) is 3.03. The van der Waals surface area contributed by atoms with Crippen molar-refractivity contribution in [2.45, 2.75) is 44.6 Å². The molecular formula is C25H34N4OS. The molecule has 5 nitrogen and oxygen atoms in total. The molecule has 1 atom stereocenters. The highest BCUT2D eigenvalue weighted by atomic mass is 32.2. The van der Waals surface area contributed by atoms with Crippen LogP contribution in [0.1, 0.15) is 46.6 Å². The van der Waals surface area contributed by atoms with Gasteiger partial charge in [0.2, 0.25) is 0 Å². The second kappa shape index (κ2) is 9.37. The third kappa shape index (κ3) is 4.56. The molecule has 3 heterocycles. The molecule has 0 bridgehead atoms. The smallest absolute Gasteiger partial charge is 0.274 e. The van der Waals surface area contributed by atoms with Crippen molar-refractivity contribution in [3.8, 4) is 0 Å². The normalized spacial score (nSPS) is 23.0. The second-order valence-corrected chi connectivity index (χ2v) is 10.6. The lowest BCUT2D eigenvalue weighted by molar-refractivity contribution is 0.0763. The van der Waals surface area contributed by atoms with Crippen molar-refractivity contribution in [3.63, 3.8) is 0 Å². The number of benzene rings is 1. The number of hydrogen-bond acceptors (Lipinski definition) is 4. The van der Waals surface area contributed by atoms with E-state index < -0.39 is 0 Å². The number of amides is 1. The fraction of sp³-hybridized carbons (Fsp3) is 0.600. The van der Waals surface area contributed by atoms with Crippen molar-refractivity contribution in [2.75, 3.05) is 37.7 Å². The molecule has 1 unspecified atom stereocenters. The molecule has 0 N–H and O–H groups in total. The first-order valence-corrected chi connectivity index (χ1v) is 13.0. The second-order valence-electron chi connectivity index (χ2n) is 9.37. The molecule has 1 aromatic heterocycles. The maximum atomic E-state index is 13.2. The average Bonchev–Trinajstić information content (AvgIpc) is 3.16. The third-order valence-corrected chi connectivity index (χ3v) is 8.41. The highest BCUT2D eigenvalue weighted by molar-refractivity contribution is 7.99. The summed E-state index contributed by atoms with van der Waals surface area (Å²) in [4.78, 5) is 17.9. The highest BCUT2D eigenvalue weighted by Crippen LogP contribution is 2.31. The maximum Gasteiger partial charge on any atom is 0.274 e. The van der Waals surface area contributed by atoms with Gasteiger partial charge in [-0.3, -0.25) is 9.48 Å². The van der Waals surface area contributed by atoms with Gasteiger partial charge >= 0.3 is 0 Å². The van der Waals surface area contributed by atoms with Crippen molar-refractivity contribution in [1.29, 1.82) is 0 Å². The molecule has 0 saturated carbocycles. The first-order chi connectivity index (χ1) is 15.2. The summed E-state index contributed by atoms with van der Waals surface area (Å²) in [5, 5.41) is 4.71. The number of piperidine rings is 1. The van der Waals surface area contributed by atoms with Crippen molar-refractivity contribution in [1.82, 2.24) is 19.6 Å². The molecular weight excluding hydrogens is 404 g/mol. The number of nitrogens with zero attached hydrogens (tertiary/aromatic N) is 4. The van der Waals surface area contributed by atoms with Crippen LogP contribution in [-0.4, -0.2) is 69.2 Å². The van der Waals surface area contributed by atoms with Gasteiger partial charge in [0.05, 0.1) is 0 Å². The molecule has 0 radical (unpaired) electrons. The van der Waals surface area contributed by atoms with Crippen LogP contribution in [0.5, 0.6) is 0 Å². The Bertz CT molecular complexity index is 898. The molecule has 0 spiro atoms. The Labute approximate surface area is 190 Å². The Morgan fingerprint density at radius 2 is 1.81 bits per heavy atom. The van der Waals surface area contributed by atoms with Crippen LogP contribution in [0.4, 0.5) is 0 Å². The molecule has 1 aliphatic carbocycles. The van der Waals surface area contributed by atoms with Crippen molar-refractivity contribution < 1.29 is 4.79 Å². The molecule has 3 aliphatic rings. The number of hydrogen-bond donors (Lipinski definition) is 0. The van der Waals surface area contributed by atoms with Crippen molar-refractivity contribution >= 4 is 17.7 Å². The minimum Gasteiger partial charge on any atom is -0.336 e. The zero-order valence-electron chi connectivity index (χ0n) is 18.6. The summed E-state index contributed by atoms with van der Waals surface area (Å²) in [6, 6.07) is 11.5. The molecule has 1 aromatic carbocycles. The van der Waals surface area contributed by atoms with E-state index in [2.05, 4.69) is 35.2 Å². The molecule has 2 aromatic rings. The van der Waals surface area contributed by atoms with Crippen LogP contribution >= 0.6 is 11.8 Å². The zero-order valence-corrected chi connectivity index (χ0v) is 19.4. The van der Waals surface area contributed by atoms with Crippen LogP contribution in [0.15, 0.2) is 30.3 Å². The average molecular weight is 439 g/mol. The molecule has 2 saturated heterocycles. The lowest BCUT2D eigenvalue weighted by Crippen LogP contribution is -2.45. The van der Waals surface area contributed by atoms with Crippen LogP contribution in [-0.2, 0) is 26.3 Å². The number of carbonyl (C=O) groups excluding carboxylic acids is 1. The summed E-state index contributed by atoms with van der Waals surface area (Å²) in [6.07, 6.45) is 6.97. The fourth-order valence-corrected chi connectivity index (χ4v) is 6.54. The van der Waals surface area contributed by atoms with Crippen LogP contribution in [0.2, 0.25) is 0 Å². The van der Waals surface area contributed by atoms with E-state index >= 15 is 0 Å². The molecule has 31 heavy (non-hydrogen) atoms. The van der Waals surface area contributed by atoms with Gasteiger partial charge in [0.1, 0.15) is 0 Å². The number of likely N-dealkylation sites (tertiary alicyclic amines) is 1. The Morgan fingerprint density at radius 3 is 2.55 bits per heavy atom. The minimum atomic E-state index is 0.152. The number of aryl methyl sites for hydroxylation is 1. The van der Waals surface area contributed by atoms with Gasteiger partial charge in [0.25, 0.3) is 5.91 Å².